The minimum Gasteiger partial charge on any atom is -0.354 e. The number of aromatic nitrogens is 3. The fourth-order valence-electron chi connectivity index (χ4n) is 4.02. The van der Waals surface area contributed by atoms with Crippen LogP contribution in [0.25, 0.3) is 21.8 Å². The van der Waals surface area contributed by atoms with Crippen molar-refractivity contribution in [1.82, 2.24) is 20.1 Å². The zero-order chi connectivity index (χ0) is 19.8. The van der Waals surface area contributed by atoms with Gasteiger partial charge < -0.3 is 9.88 Å². The van der Waals surface area contributed by atoms with Crippen molar-refractivity contribution in [3.8, 4) is 0 Å². The summed E-state index contributed by atoms with van der Waals surface area (Å²) in [6.45, 7) is 1.56. The van der Waals surface area contributed by atoms with Gasteiger partial charge in [0, 0.05) is 43.2 Å². The van der Waals surface area contributed by atoms with Crippen LogP contribution in [0.3, 0.4) is 0 Å². The van der Waals surface area contributed by atoms with Gasteiger partial charge in [0.15, 0.2) is 5.82 Å². The fourth-order valence-corrected chi connectivity index (χ4v) is 4.02. The smallest absolute Gasteiger partial charge is 0.229 e. The van der Waals surface area contributed by atoms with Crippen molar-refractivity contribution in [3.05, 3.63) is 60.8 Å². The predicted molar refractivity (Wildman–Crippen MR) is 112 cm³/mol. The van der Waals surface area contributed by atoms with Crippen LogP contribution in [0.2, 0.25) is 0 Å². The second kappa shape index (κ2) is 7.09. The van der Waals surface area contributed by atoms with E-state index < -0.39 is 0 Å². The molecule has 2 aromatic heterocycles. The normalized spacial score (nSPS) is 16.8. The standard InChI is InChI=1S/C22H21N5O2/c28-20-13-16(14-27(20)21-17-6-2-3-7-18(17)24-25-21)22(29)23-10-12-26-11-9-15-5-1-4-8-19(15)26/h1-9,11,16H,10,12-14H2,(H,23,29)(H,24,25)/t16-/m1/s1. The highest BCUT2D eigenvalue weighted by Gasteiger charge is 2.36. The highest BCUT2D eigenvalue weighted by Crippen LogP contribution is 2.29. The van der Waals surface area contributed by atoms with E-state index in [0.29, 0.717) is 25.5 Å². The van der Waals surface area contributed by atoms with Gasteiger partial charge in [0.2, 0.25) is 11.8 Å². The van der Waals surface area contributed by atoms with E-state index in [9.17, 15) is 9.59 Å². The summed E-state index contributed by atoms with van der Waals surface area (Å²) in [5, 5.41) is 12.3. The number of rotatable bonds is 5. The van der Waals surface area contributed by atoms with Gasteiger partial charge in [0.05, 0.1) is 11.4 Å². The van der Waals surface area contributed by atoms with Crippen LogP contribution in [0.1, 0.15) is 6.42 Å². The van der Waals surface area contributed by atoms with Crippen LogP contribution in [0.15, 0.2) is 60.8 Å². The molecule has 1 aliphatic rings. The van der Waals surface area contributed by atoms with Crippen LogP contribution in [0, 0.1) is 5.92 Å². The van der Waals surface area contributed by atoms with Crippen molar-refractivity contribution < 1.29 is 9.59 Å². The summed E-state index contributed by atoms with van der Waals surface area (Å²) >= 11 is 0. The maximum absolute atomic E-state index is 12.6. The van der Waals surface area contributed by atoms with Crippen molar-refractivity contribution in [2.75, 3.05) is 18.0 Å². The minimum atomic E-state index is -0.362. The Morgan fingerprint density at radius 3 is 2.90 bits per heavy atom. The molecule has 146 valence electrons. The molecule has 0 radical (unpaired) electrons. The van der Waals surface area contributed by atoms with E-state index in [1.807, 2.05) is 42.6 Å². The van der Waals surface area contributed by atoms with E-state index in [2.05, 4.69) is 38.3 Å². The number of carbonyl (C=O) groups is 2. The molecule has 2 N–H and O–H groups in total. The number of amides is 2. The summed E-state index contributed by atoms with van der Waals surface area (Å²) in [6, 6.07) is 17.9. The van der Waals surface area contributed by atoms with Crippen molar-refractivity contribution >= 4 is 39.4 Å². The molecule has 2 aromatic carbocycles. The average Bonchev–Trinajstić information content (AvgIpc) is 3.45. The summed E-state index contributed by atoms with van der Waals surface area (Å²) in [5.41, 5.74) is 2.02. The number of nitrogens with zero attached hydrogens (tertiary/aromatic N) is 3. The first-order valence-corrected chi connectivity index (χ1v) is 9.76. The largest absolute Gasteiger partial charge is 0.354 e. The topological polar surface area (TPSA) is 83.0 Å². The van der Waals surface area contributed by atoms with Gasteiger partial charge in [-0.15, -0.1) is 0 Å². The second-order valence-corrected chi connectivity index (χ2v) is 7.36. The van der Waals surface area contributed by atoms with E-state index in [1.54, 1.807) is 4.90 Å². The molecule has 1 fully saturated rings. The molecule has 0 unspecified atom stereocenters. The SMILES string of the molecule is O=C(NCCn1ccc2ccccc21)[C@@H]1CC(=O)N(c2n[nH]c3ccccc23)C1. The number of hydrogen-bond donors (Lipinski definition) is 2. The molecule has 0 aliphatic carbocycles. The third-order valence-corrected chi connectivity index (χ3v) is 5.53. The Balaban J connectivity index is 1.22. The third kappa shape index (κ3) is 3.14. The molecule has 2 amide bonds. The zero-order valence-electron chi connectivity index (χ0n) is 15.8. The van der Waals surface area contributed by atoms with Crippen LogP contribution in [0.4, 0.5) is 5.82 Å². The molecule has 4 aromatic rings. The monoisotopic (exact) mass is 387 g/mol. The summed E-state index contributed by atoms with van der Waals surface area (Å²) in [7, 11) is 0. The zero-order valence-corrected chi connectivity index (χ0v) is 15.8. The van der Waals surface area contributed by atoms with Crippen LogP contribution in [0.5, 0.6) is 0 Å². The number of H-pyrrole nitrogens is 1. The number of anilines is 1. The molecule has 7 nitrogen and oxygen atoms in total. The predicted octanol–water partition coefficient (Wildman–Crippen LogP) is 2.69. The molecule has 0 bridgehead atoms. The number of nitrogens with one attached hydrogen (secondary N) is 2. The van der Waals surface area contributed by atoms with E-state index in [0.717, 1.165) is 16.4 Å². The number of hydrogen-bond acceptors (Lipinski definition) is 3. The van der Waals surface area contributed by atoms with Gasteiger partial charge in [-0.05, 0) is 29.7 Å². The van der Waals surface area contributed by atoms with E-state index in [4.69, 9.17) is 0 Å². The molecular formula is C22H21N5O2. The van der Waals surface area contributed by atoms with Gasteiger partial charge in [-0.25, -0.2) is 0 Å². The van der Waals surface area contributed by atoms with Gasteiger partial charge in [-0.2, -0.15) is 5.10 Å². The molecule has 3 heterocycles. The Morgan fingerprint density at radius 2 is 1.97 bits per heavy atom. The van der Waals surface area contributed by atoms with Gasteiger partial charge in [0.1, 0.15) is 0 Å². The minimum absolute atomic E-state index is 0.0705. The molecule has 0 spiro atoms. The fraction of sp³-hybridized carbons (Fsp3) is 0.227. The second-order valence-electron chi connectivity index (χ2n) is 7.36. The molecule has 1 atom stereocenters. The first kappa shape index (κ1) is 17.5. The van der Waals surface area contributed by atoms with Crippen molar-refractivity contribution in [1.29, 1.82) is 0 Å². The van der Waals surface area contributed by atoms with Crippen LogP contribution >= 0.6 is 0 Å². The number of para-hydroxylation sites is 2. The summed E-state index contributed by atoms with van der Waals surface area (Å²) < 4.78 is 2.12. The van der Waals surface area contributed by atoms with E-state index in [-0.39, 0.29) is 24.2 Å². The number of aromatic amines is 1. The molecule has 29 heavy (non-hydrogen) atoms. The summed E-state index contributed by atoms with van der Waals surface area (Å²) in [6.07, 6.45) is 2.24. The number of carbonyl (C=O) groups excluding carboxylic acids is 2. The highest BCUT2D eigenvalue weighted by atomic mass is 16.2. The lowest BCUT2D eigenvalue weighted by atomic mass is 10.1. The lowest BCUT2D eigenvalue weighted by Gasteiger charge is -2.14. The molecule has 1 aliphatic heterocycles. The quantitative estimate of drug-likeness (QED) is 0.552. The molecule has 5 rings (SSSR count). The highest BCUT2D eigenvalue weighted by molar-refractivity contribution is 6.05. The van der Waals surface area contributed by atoms with Crippen molar-refractivity contribution in [2.24, 2.45) is 5.92 Å². The average molecular weight is 387 g/mol. The first-order valence-electron chi connectivity index (χ1n) is 9.76. The molecular weight excluding hydrogens is 366 g/mol. The maximum Gasteiger partial charge on any atom is 0.229 e. The van der Waals surface area contributed by atoms with Gasteiger partial charge in [0.25, 0.3) is 0 Å². The lowest BCUT2D eigenvalue weighted by Crippen LogP contribution is -2.34. The van der Waals surface area contributed by atoms with E-state index in [1.165, 1.54) is 5.39 Å². The van der Waals surface area contributed by atoms with Crippen molar-refractivity contribution in [3.63, 3.8) is 0 Å². The Morgan fingerprint density at radius 1 is 1.14 bits per heavy atom. The van der Waals surface area contributed by atoms with Gasteiger partial charge in [-0.3, -0.25) is 19.6 Å². The molecule has 0 saturated carbocycles. The number of fused-ring (bicyclic) bond motifs is 2. The third-order valence-electron chi connectivity index (χ3n) is 5.53. The number of benzene rings is 2. The van der Waals surface area contributed by atoms with Crippen LogP contribution in [-0.4, -0.2) is 39.7 Å². The van der Waals surface area contributed by atoms with Crippen LogP contribution < -0.4 is 10.2 Å². The maximum atomic E-state index is 12.6. The first-order chi connectivity index (χ1) is 14.2. The lowest BCUT2D eigenvalue weighted by molar-refractivity contribution is -0.126. The Labute approximate surface area is 167 Å². The summed E-state index contributed by atoms with van der Waals surface area (Å²) in [5.74, 6) is 0.0787. The Bertz CT molecular complexity index is 1210. The van der Waals surface area contributed by atoms with Gasteiger partial charge in [-0.1, -0.05) is 30.3 Å². The Kier molecular flexibility index (Phi) is 4.27. The van der Waals surface area contributed by atoms with Crippen LogP contribution in [-0.2, 0) is 16.1 Å². The van der Waals surface area contributed by atoms with Crippen molar-refractivity contribution in [2.45, 2.75) is 13.0 Å². The van der Waals surface area contributed by atoms with Gasteiger partial charge >= 0.3 is 0 Å². The summed E-state index contributed by atoms with van der Waals surface area (Å²) in [4.78, 5) is 26.8. The Hall–Kier alpha value is -3.61. The molecule has 7 heteroatoms. The van der Waals surface area contributed by atoms with E-state index >= 15 is 0 Å². The molecule has 1 saturated heterocycles.